The Labute approximate surface area is 144 Å². The highest BCUT2D eigenvalue weighted by Crippen LogP contribution is 2.18. The quantitative estimate of drug-likeness (QED) is 0.710. The van der Waals surface area contributed by atoms with Crippen molar-refractivity contribution in [2.45, 2.75) is 45.7 Å². The first-order valence-electron chi connectivity index (χ1n) is 8.76. The van der Waals surface area contributed by atoms with Crippen molar-refractivity contribution in [2.75, 3.05) is 26.2 Å². The number of carbonyl (C=O) groups excluding carboxylic acids is 1. The van der Waals surface area contributed by atoms with E-state index < -0.39 is 0 Å². The highest BCUT2D eigenvalue weighted by Gasteiger charge is 2.22. The Bertz CT molecular complexity index is 499. The summed E-state index contributed by atoms with van der Waals surface area (Å²) in [5.74, 6) is 0. The molecule has 0 radical (unpaired) electrons. The summed E-state index contributed by atoms with van der Waals surface area (Å²) in [6.45, 7) is 7.60. The number of hydrogen-bond acceptors (Lipinski definition) is 4. The molecule has 0 bridgehead atoms. The molecule has 1 saturated heterocycles. The zero-order valence-corrected chi connectivity index (χ0v) is 14.8. The van der Waals surface area contributed by atoms with Crippen LogP contribution in [0.2, 0.25) is 0 Å². The number of aromatic nitrogens is 1. The van der Waals surface area contributed by atoms with Gasteiger partial charge in [-0.3, -0.25) is 9.88 Å². The van der Waals surface area contributed by atoms with Gasteiger partial charge in [0.05, 0.1) is 5.69 Å². The van der Waals surface area contributed by atoms with E-state index in [-0.39, 0.29) is 24.1 Å². The van der Waals surface area contributed by atoms with Crippen LogP contribution in [-0.2, 0) is 6.54 Å². The van der Waals surface area contributed by atoms with Crippen LogP contribution < -0.4 is 10.6 Å². The van der Waals surface area contributed by atoms with Gasteiger partial charge in [0, 0.05) is 45.0 Å². The smallest absolute Gasteiger partial charge is 0.315 e. The summed E-state index contributed by atoms with van der Waals surface area (Å²) in [6.07, 6.45) is 4.42. The predicted molar refractivity (Wildman–Crippen MR) is 94.6 cm³/mol. The van der Waals surface area contributed by atoms with Crippen LogP contribution in [0.4, 0.5) is 4.79 Å². The van der Waals surface area contributed by atoms with Crippen molar-refractivity contribution in [1.29, 1.82) is 0 Å². The van der Waals surface area contributed by atoms with Crippen LogP contribution >= 0.6 is 0 Å². The second-order valence-electron chi connectivity index (χ2n) is 7.34. The molecular weight excluding hydrogens is 304 g/mol. The first-order chi connectivity index (χ1) is 11.5. The van der Waals surface area contributed by atoms with Crippen molar-refractivity contribution < 1.29 is 9.90 Å². The zero-order chi connectivity index (χ0) is 17.4. The zero-order valence-electron chi connectivity index (χ0n) is 14.8. The minimum Gasteiger partial charge on any atom is -0.396 e. The van der Waals surface area contributed by atoms with E-state index in [1.165, 1.54) is 0 Å². The van der Waals surface area contributed by atoms with E-state index in [9.17, 15) is 4.79 Å². The number of pyridine rings is 1. The molecule has 2 heterocycles. The largest absolute Gasteiger partial charge is 0.396 e. The lowest BCUT2D eigenvalue weighted by molar-refractivity contribution is 0.180. The number of aliphatic hydroxyl groups excluding tert-OH is 1. The maximum absolute atomic E-state index is 12.0. The fraction of sp³-hybridized carbons (Fsp3) is 0.667. The minimum atomic E-state index is -0.107. The van der Waals surface area contributed by atoms with Gasteiger partial charge in [-0.1, -0.05) is 19.9 Å². The van der Waals surface area contributed by atoms with E-state index in [1.54, 1.807) is 0 Å². The van der Waals surface area contributed by atoms with Gasteiger partial charge in [-0.25, -0.2) is 4.79 Å². The summed E-state index contributed by atoms with van der Waals surface area (Å²) in [5, 5.41) is 15.0. The molecule has 1 fully saturated rings. The van der Waals surface area contributed by atoms with E-state index >= 15 is 0 Å². The van der Waals surface area contributed by atoms with Crippen molar-refractivity contribution in [2.24, 2.45) is 5.41 Å². The third-order valence-corrected chi connectivity index (χ3v) is 4.55. The SMILES string of the molecule is CC(C)(CCO)CNC(=O)NC1CCN(Cc2ccccn2)CC1. The fourth-order valence-electron chi connectivity index (χ4n) is 2.90. The lowest BCUT2D eigenvalue weighted by atomic mass is 9.90. The number of nitrogens with zero attached hydrogens (tertiary/aromatic N) is 2. The summed E-state index contributed by atoms with van der Waals surface area (Å²) in [7, 11) is 0. The van der Waals surface area contributed by atoms with E-state index in [0.717, 1.165) is 38.2 Å². The Morgan fingerprint density at radius 1 is 1.38 bits per heavy atom. The molecule has 1 aromatic heterocycles. The van der Waals surface area contributed by atoms with Crippen molar-refractivity contribution in [3.8, 4) is 0 Å². The molecule has 2 amide bonds. The molecule has 1 aromatic rings. The Balaban J connectivity index is 1.66. The third kappa shape index (κ3) is 6.45. The van der Waals surface area contributed by atoms with Crippen LogP contribution in [0.25, 0.3) is 0 Å². The molecule has 0 aliphatic carbocycles. The molecule has 2 rings (SSSR count). The molecular formula is C18H30N4O2. The molecule has 1 aliphatic rings. The molecule has 0 spiro atoms. The summed E-state index contributed by atoms with van der Waals surface area (Å²) >= 11 is 0. The molecule has 24 heavy (non-hydrogen) atoms. The maximum Gasteiger partial charge on any atom is 0.315 e. The number of nitrogens with one attached hydrogen (secondary N) is 2. The number of carbonyl (C=O) groups is 1. The topological polar surface area (TPSA) is 77.5 Å². The first-order valence-corrected chi connectivity index (χ1v) is 8.76. The van der Waals surface area contributed by atoms with Gasteiger partial charge >= 0.3 is 6.03 Å². The van der Waals surface area contributed by atoms with Crippen LogP contribution in [0.1, 0.15) is 38.8 Å². The molecule has 0 aromatic carbocycles. The van der Waals surface area contributed by atoms with Gasteiger partial charge < -0.3 is 15.7 Å². The normalized spacial score (nSPS) is 16.8. The fourth-order valence-corrected chi connectivity index (χ4v) is 2.90. The maximum atomic E-state index is 12.0. The minimum absolute atomic E-state index is 0.0852. The highest BCUT2D eigenvalue weighted by atomic mass is 16.3. The van der Waals surface area contributed by atoms with Crippen LogP contribution in [-0.4, -0.2) is 53.3 Å². The number of rotatable bonds is 7. The molecule has 0 unspecified atom stereocenters. The van der Waals surface area contributed by atoms with Crippen LogP contribution in [0.15, 0.2) is 24.4 Å². The van der Waals surface area contributed by atoms with E-state index in [2.05, 4.69) is 20.5 Å². The molecule has 3 N–H and O–H groups in total. The second-order valence-corrected chi connectivity index (χ2v) is 7.34. The average Bonchev–Trinajstić information content (AvgIpc) is 2.56. The lowest BCUT2D eigenvalue weighted by Crippen LogP contribution is -2.49. The van der Waals surface area contributed by atoms with E-state index in [0.29, 0.717) is 13.0 Å². The Kier molecular flexibility index (Phi) is 6.99. The van der Waals surface area contributed by atoms with Crippen molar-refractivity contribution in [3.63, 3.8) is 0 Å². The number of hydrogen-bond donors (Lipinski definition) is 3. The van der Waals surface area contributed by atoms with Gasteiger partial charge in [0.15, 0.2) is 0 Å². The lowest BCUT2D eigenvalue weighted by Gasteiger charge is -2.32. The number of likely N-dealkylation sites (tertiary alicyclic amines) is 1. The summed E-state index contributed by atoms with van der Waals surface area (Å²) < 4.78 is 0. The number of amides is 2. The van der Waals surface area contributed by atoms with Gasteiger partial charge in [0.1, 0.15) is 0 Å². The standard InChI is InChI=1S/C18H30N4O2/c1-18(2,8-12-23)14-20-17(24)21-15-6-10-22(11-7-15)13-16-5-3-4-9-19-16/h3-5,9,15,23H,6-8,10-14H2,1-2H3,(H2,20,21,24). The summed E-state index contributed by atoms with van der Waals surface area (Å²) in [5.41, 5.74) is 1.01. The molecule has 0 saturated carbocycles. The molecule has 134 valence electrons. The molecule has 0 atom stereocenters. The van der Waals surface area contributed by atoms with Gasteiger partial charge in [-0.2, -0.15) is 0 Å². The van der Waals surface area contributed by atoms with E-state index in [1.807, 2.05) is 38.2 Å². The van der Waals surface area contributed by atoms with Gasteiger partial charge in [0.2, 0.25) is 0 Å². The van der Waals surface area contributed by atoms with Gasteiger partial charge in [0.25, 0.3) is 0 Å². The summed E-state index contributed by atoms with van der Waals surface area (Å²) in [6, 6.07) is 6.11. The molecule has 6 heteroatoms. The number of urea groups is 1. The van der Waals surface area contributed by atoms with Crippen LogP contribution in [0, 0.1) is 5.41 Å². The highest BCUT2D eigenvalue weighted by molar-refractivity contribution is 5.74. The monoisotopic (exact) mass is 334 g/mol. The Morgan fingerprint density at radius 2 is 2.12 bits per heavy atom. The van der Waals surface area contributed by atoms with Crippen LogP contribution in [0.3, 0.4) is 0 Å². The second kappa shape index (κ2) is 8.99. The van der Waals surface area contributed by atoms with Gasteiger partial charge in [-0.05, 0) is 36.8 Å². The molecule has 1 aliphatic heterocycles. The predicted octanol–water partition coefficient (Wildman–Crippen LogP) is 1.75. The average molecular weight is 334 g/mol. The number of piperidine rings is 1. The Morgan fingerprint density at radius 3 is 2.75 bits per heavy atom. The third-order valence-electron chi connectivity index (χ3n) is 4.55. The Hall–Kier alpha value is -1.66. The number of aliphatic hydroxyl groups is 1. The van der Waals surface area contributed by atoms with E-state index in [4.69, 9.17) is 5.11 Å². The summed E-state index contributed by atoms with van der Waals surface area (Å²) in [4.78, 5) is 18.8. The molecule has 6 nitrogen and oxygen atoms in total. The van der Waals surface area contributed by atoms with Crippen molar-refractivity contribution >= 4 is 6.03 Å². The van der Waals surface area contributed by atoms with Crippen molar-refractivity contribution in [3.05, 3.63) is 30.1 Å². The van der Waals surface area contributed by atoms with Crippen LogP contribution in [0.5, 0.6) is 0 Å². The first kappa shape index (κ1) is 18.7. The van der Waals surface area contributed by atoms with Gasteiger partial charge in [-0.15, -0.1) is 0 Å². The van der Waals surface area contributed by atoms with Crippen molar-refractivity contribution in [1.82, 2.24) is 20.5 Å².